The predicted molar refractivity (Wildman–Crippen MR) is 75.7 cm³/mol. The number of hydrogen-bond acceptors (Lipinski definition) is 2. The van der Waals surface area contributed by atoms with Gasteiger partial charge in [-0.2, -0.15) is 0 Å². The fraction of sp³-hybridized carbons (Fsp3) is 0.438. The van der Waals surface area contributed by atoms with Crippen molar-refractivity contribution in [1.82, 2.24) is 4.90 Å². The minimum Gasteiger partial charge on any atom is -0.304 e. The summed E-state index contributed by atoms with van der Waals surface area (Å²) in [5, 5.41) is 0. The standard InChI is InChI=1S/C16H20FNO/c1-16(18(2)3)9-7-12(8-10-16)14-6-4-5-13(11-19)15(14)17/h4-7,11H,8-10H2,1-3H3. The fourth-order valence-electron chi connectivity index (χ4n) is 2.49. The Labute approximate surface area is 113 Å². The number of halogens is 1. The van der Waals surface area contributed by atoms with Crippen molar-refractivity contribution in [2.75, 3.05) is 14.1 Å². The van der Waals surface area contributed by atoms with E-state index in [-0.39, 0.29) is 11.1 Å². The Morgan fingerprint density at radius 2 is 2.11 bits per heavy atom. The van der Waals surface area contributed by atoms with Crippen molar-refractivity contribution in [2.45, 2.75) is 31.7 Å². The molecule has 0 saturated heterocycles. The zero-order valence-corrected chi connectivity index (χ0v) is 11.7. The van der Waals surface area contributed by atoms with Gasteiger partial charge in [-0.15, -0.1) is 0 Å². The van der Waals surface area contributed by atoms with Crippen LogP contribution in [0.2, 0.25) is 0 Å². The van der Waals surface area contributed by atoms with Gasteiger partial charge in [0, 0.05) is 11.1 Å². The normalized spacial score (nSPS) is 23.3. The molecule has 0 heterocycles. The first-order chi connectivity index (χ1) is 8.98. The quantitative estimate of drug-likeness (QED) is 0.776. The van der Waals surface area contributed by atoms with Gasteiger partial charge in [-0.3, -0.25) is 4.79 Å². The van der Waals surface area contributed by atoms with Crippen molar-refractivity contribution in [1.29, 1.82) is 0 Å². The summed E-state index contributed by atoms with van der Waals surface area (Å²) >= 11 is 0. The summed E-state index contributed by atoms with van der Waals surface area (Å²) in [6.07, 6.45) is 5.42. The molecule has 3 heteroatoms. The summed E-state index contributed by atoms with van der Waals surface area (Å²) in [5.41, 5.74) is 1.87. The molecule has 0 amide bonds. The summed E-state index contributed by atoms with van der Waals surface area (Å²) in [6.45, 7) is 2.22. The van der Waals surface area contributed by atoms with Crippen LogP contribution in [0.3, 0.4) is 0 Å². The summed E-state index contributed by atoms with van der Waals surface area (Å²) < 4.78 is 14.1. The summed E-state index contributed by atoms with van der Waals surface area (Å²) in [4.78, 5) is 13.0. The minimum atomic E-state index is -0.391. The van der Waals surface area contributed by atoms with Gasteiger partial charge in [-0.05, 0) is 51.9 Å². The van der Waals surface area contributed by atoms with Gasteiger partial charge in [0.05, 0.1) is 5.56 Å². The Balaban J connectivity index is 2.31. The molecular formula is C16H20FNO. The molecule has 0 aromatic heterocycles. The van der Waals surface area contributed by atoms with E-state index in [9.17, 15) is 9.18 Å². The van der Waals surface area contributed by atoms with Crippen molar-refractivity contribution >= 4 is 11.9 Å². The molecule has 1 aromatic rings. The maximum Gasteiger partial charge on any atom is 0.153 e. The van der Waals surface area contributed by atoms with E-state index < -0.39 is 5.82 Å². The molecule has 0 N–H and O–H groups in total. The second-order valence-corrected chi connectivity index (χ2v) is 5.65. The van der Waals surface area contributed by atoms with Crippen molar-refractivity contribution < 1.29 is 9.18 Å². The van der Waals surface area contributed by atoms with E-state index in [1.807, 2.05) is 0 Å². The second kappa shape index (κ2) is 5.25. The predicted octanol–water partition coefficient (Wildman–Crippen LogP) is 3.53. The van der Waals surface area contributed by atoms with Gasteiger partial charge in [-0.25, -0.2) is 4.39 Å². The highest BCUT2D eigenvalue weighted by atomic mass is 19.1. The van der Waals surface area contributed by atoms with Crippen LogP contribution in [0, 0.1) is 5.82 Å². The van der Waals surface area contributed by atoms with E-state index >= 15 is 0 Å². The van der Waals surface area contributed by atoms with Crippen LogP contribution in [0.5, 0.6) is 0 Å². The van der Waals surface area contributed by atoms with Crippen molar-refractivity contribution in [3.05, 3.63) is 41.2 Å². The zero-order valence-electron chi connectivity index (χ0n) is 11.7. The highest BCUT2D eigenvalue weighted by Crippen LogP contribution is 2.36. The number of carbonyl (C=O) groups excluding carboxylic acids is 1. The van der Waals surface area contributed by atoms with Gasteiger partial charge in [-0.1, -0.05) is 18.2 Å². The molecule has 1 aliphatic carbocycles. The lowest BCUT2D eigenvalue weighted by molar-refractivity contribution is 0.111. The molecule has 0 aliphatic heterocycles. The number of rotatable bonds is 3. The molecule has 2 rings (SSSR count). The van der Waals surface area contributed by atoms with Crippen molar-refractivity contribution in [3.8, 4) is 0 Å². The SMILES string of the molecule is CN(C)C1(C)CC=C(c2cccc(C=O)c2F)CC1. The van der Waals surface area contributed by atoms with E-state index in [1.54, 1.807) is 12.1 Å². The number of allylic oxidation sites excluding steroid dienone is 1. The van der Waals surface area contributed by atoms with Crippen LogP contribution in [0.25, 0.3) is 5.57 Å². The first kappa shape index (κ1) is 13.9. The van der Waals surface area contributed by atoms with Crippen LogP contribution in [0.4, 0.5) is 4.39 Å². The van der Waals surface area contributed by atoms with Gasteiger partial charge in [0.25, 0.3) is 0 Å². The molecule has 0 fully saturated rings. The van der Waals surface area contributed by atoms with Crippen LogP contribution in [-0.2, 0) is 0 Å². The highest BCUT2D eigenvalue weighted by Gasteiger charge is 2.29. The molecule has 1 unspecified atom stereocenters. The molecule has 0 radical (unpaired) electrons. The third kappa shape index (κ3) is 2.61. The number of hydrogen-bond donors (Lipinski definition) is 0. The lowest BCUT2D eigenvalue weighted by atomic mass is 9.81. The Morgan fingerprint density at radius 3 is 2.63 bits per heavy atom. The number of benzene rings is 1. The molecule has 2 nitrogen and oxygen atoms in total. The molecule has 1 aliphatic rings. The third-order valence-electron chi connectivity index (χ3n) is 4.30. The van der Waals surface area contributed by atoms with Crippen molar-refractivity contribution in [3.63, 3.8) is 0 Å². The second-order valence-electron chi connectivity index (χ2n) is 5.65. The Kier molecular flexibility index (Phi) is 3.85. The largest absolute Gasteiger partial charge is 0.304 e. The van der Waals surface area contributed by atoms with E-state index in [0.29, 0.717) is 11.8 Å². The molecular weight excluding hydrogens is 241 g/mol. The van der Waals surface area contributed by atoms with E-state index in [0.717, 1.165) is 24.8 Å². The Hall–Kier alpha value is -1.48. The maximum absolute atomic E-state index is 14.1. The molecule has 1 atom stereocenters. The van der Waals surface area contributed by atoms with Gasteiger partial charge >= 0.3 is 0 Å². The monoisotopic (exact) mass is 261 g/mol. The summed E-state index contributed by atoms with van der Waals surface area (Å²) in [7, 11) is 4.15. The lowest BCUT2D eigenvalue weighted by Gasteiger charge is -2.39. The smallest absolute Gasteiger partial charge is 0.153 e. The first-order valence-electron chi connectivity index (χ1n) is 6.58. The van der Waals surface area contributed by atoms with Crippen LogP contribution in [0.15, 0.2) is 24.3 Å². The first-order valence-corrected chi connectivity index (χ1v) is 6.58. The summed E-state index contributed by atoms with van der Waals surface area (Å²) in [5.74, 6) is -0.391. The zero-order chi connectivity index (χ0) is 14.0. The minimum absolute atomic E-state index is 0.138. The molecule has 0 spiro atoms. The fourth-order valence-corrected chi connectivity index (χ4v) is 2.49. The molecule has 0 saturated carbocycles. The highest BCUT2D eigenvalue weighted by molar-refractivity contribution is 5.79. The van der Waals surface area contributed by atoms with Crippen LogP contribution >= 0.6 is 0 Å². The Morgan fingerprint density at radius 1 is 1.37 bits per heavy atom. The third-order valence-corrected chi connectivity index (χ3v) is 4.30. The average molecular weight is 261 g/mol. The topological polar surface area (TPSA) is 20.3 Å². The van der Waals surface area contributed by atoms with Gasteiger partial charge < -0.3 is 4.90 Å². The van der Waals surface area contributed by atoms with Crippen LogP contribution in [0.1, 0.15) is 42.1 Å². The average Bonchev–Trinajstić information content (AvgIpc) is 2.40. The Bertz CT molecular complexity index is 521. The van der Waals surface area contributed by atoms with Crippen molar-refractivity contribution in [2.24, 2.45) is 0 Å². The van der Waals surface area contributed by atoms with E-state index in [4.69, 9.17) is 0 Å². The van der Waals surface area contributed by atoms with Gasteiger partial charge in [0.15, 0.2) is 6.29 Å². The maximum atomic E-state index is 14.1. The number of carbonyl (C=O) groups is 1. The van der Waals surface area contributed by atoms with Gasteiger partial charge in [0.2, 0.25) is 0 Å². The molecule has 1 aromatic carbocycles. The van der Waals surface area contributed by atoms with Crippen LogP contribution < -0.4 is 0 Å². The molecule has 19 heavy (non-hydrogen) atoms. The van der Waals surface area contributed by atoms with Crippen LogP contribution in [-0.4, -0.2) is 30.8 Å². The number of aldehydes is 1. The molecule has 102 valence electrons. The molecule has 0 bridgehead atoms. The lowest BCUT2D eigenvalue weighted by Crippen LogP contribution is -2.42. The summed E-state index contributed by atoms with van der Waals surface area (Å²) in [6, 6.07) is 5.01. The number of nitrogens with zero attached hydrogens (tertiary/aromatic N) is 1. The van der Waals surface area contributed by atoms with Gasteiger partial charge in [0.1, 0.15) is 5.82 Å². The van der Waals surface area contributed by atoms with E-state index in [2.05, 4.69) is 32.0 Å². The van der Waals surface area contributed by atoms with E-state index in [1.165, 1.54) is 6.07 Å².